The van der Waals surface area contributed by atoms with Gasteiger partial charge in [0, 0.05) is 49.1 Å². The van der Waals surface area contributed by atoms with Gasteiger partial charge in [0.05, 0.1) is 72.7 Å². The van der Waals surface area contributed by atoms with Gasteiger partial charge in [0.2, 0.25) is 0 Å². The molecule has 0 N–H and O–H groups in total. The van der Waals surface area contributed by atoms with E-state index in [9.17, 15) is 0 Å². The molecule has 2 aliphatic heterocycles. The van der Waals surface area contributed by atoms with Crippen LogP contribution in [0.15, 0.2) is 42.5 Å². The number of hydrogen-bond acceptors (Lipinski definition) is 10. The van der Waals surface area contributed by atoms with Gasteiger partial charge >= 0.3 is 0 Å². The zero-order chi connectivity index (χ0) is 35.4. The summed E-state index contributed by atoms with van der Waals surface area (Å²) in [5, 5.41) is 0. The van der Waals surface area contributed by atoms with E-state index in [1.165, 1.54) is 42.5 Å². The molecule has 9 rings (SSSR count). The molecule has 10 heteroatoms. The number of hydrogen-bond donors (Lipinski definition) is 0. The highest BCUT2D eigenvalue weighted by atomic mass is 16.6. The Kier molecular flexibility index (Phi) is 11.4. The van der Waals surface area contributed by atoms with Crippen molar-refractivity contribution in [3.05, 3.63) is 59.2 Å². The van der Waals surface area contributed by atoms with E-state index in [0.29, 0.717) is 85.3 Å². The molecule has 3 unspecified atom stereocenters. The molecule has 2 aromatic carbocycles. The SMILES string of the molecule is COCCOCCOCCOCCOCCOc1ccc2c3c1O[C@H]1C4(OC)CCC5(C[C@@H]4COCc4ccccc4)[C@@H](C2)N(CC2CC2)CCC315. The second kappa shape index (κ2) is 16.2. The van der Waals surface area contributed by atoms with Gasteiger partial charge in [-0.2, -0.15) is 0 Å². The summed E-state index contributed by atoms with van der Waals surface area (Å²) in [5.41, 5.74) is 3.75. The van der Waals surface area contributed by atoms with Gasteiger partial charge in [-0.1, -0.05) is 36.4 Å². The Bertz CT molecular complexity index is 1470. The first-order valence-electron chi connectivity index (χ1n) is 19.8. The molecule has 7 aliphatic rings. The van der Waals surface area contributed by atoms with Crippen molar-refractivity contribution in [1.29, 1.82) is 0 Å². The van der Waals surface area contributed by atoms with E-state index in [2.05, 4.69) is 47.4 Å². The van der Waals surface area contributed by atoms with Crippen LogP contribution in [0.25, 0.3) is 0 Å². The summed E-state index contributed by atoms with van der Waals surface area (Å²) >= 11 is 0. The molecule has 0 radical (unpaired) electrons. The molecule has 52 heavy (non-hydrogen) atoms. The van der Waals surface area contributed by atoms with Gasteiger partial charge < -0.3 is 42.6 Å². The van der Waals surface area contributed by atoms with E-state index in [1.807, 2.05) is 7.11 Å². The summed E-state index contributed by atoms with van der Waals surface area (Å²) in [6.07, 6.45) is 8.22. The van der Waals surface area contributed by atoms with Gasteiger partial charge in [0.15, 0.2) is 11.5 Å². The third-order valence-electron chi connectivity index (χ3n) is 13.3. The van der Waals surface area contributed by atoms with Crippen molar-refractivity contribution in [1.82, 2.24) is 4.90 Å². The Labute approximate surface area is 309 Å². The maximum Gasteiger partial charge on any atom is 0.165 e. The highest BCUT2D eigenvalue weighted by Crippen LogP contribution is 2.76. The molecule has 6 atom stereocenters. The number of ether oxygens (including phenoxy) is 9. The van der Waals surface area contributed by atoms with E-state index >= 15 is 0 Å². The van der Waals surface area contributed by atoms with Crippen LogP contribution in [0.5, 0.6) is 11.5 Å². The van der Waals surface area contributed by atoms with Gasteiger partial charge in [-0.3, -0.25) is 4.90 Å². The molecule has 2 spiro atoms. The molecule has 2 aromatic rings. The fourth-order valence-corrected chi connectivity index (χ4v) is 10.9. The molecule has 2 heterocycles. The van der Waals surface area contributed by atoms with Gasteiger partial charge in [0.25, 0.3) is 0 Å². The number of rotatable bonds is 23. The summed E-state index contributed by atoms with van der Waals surface area (Å²) in [7, 11) is 3.58. The van der Waals surface area contributed by atoms with Crippen LogP contribution in [0.4, 0.5) is 0 Å². The first-order valence-corrected chi connectivity index (χ1v) is 19.8. The lowest BCUT2D eigenvalue weighted by Crippen LogP contribution is -2.81. The molecular weight excluding hydrogens is 662 g/mol. The van der Waals surface area contributed by atoms with Crippen molar-refractivity contribution >= 4 is 0 Å². The van der Waals surface area contributed by atoms with Crippen molar-refractivity contribution in [2.45, 2.75) is 74.7 Å². The molecule has 0 aromatic heterocycles. The van der Waals surface area contributed by atoms with Gasteiger partial charge in [-0.25, -0.2) is 0 Å². The molecule has 5 aliphatic carbocycles. The Hall–Kier alpha value is -2.28. The zero-order valence-corrected chi connectivity index (χ0v) is 31.3. The Morgan fingerprint density at radius 1 is 0.769 bits per heavy atom. The van der Waals surface area contributed by atoms with Crippen molar-refractivity contribution in [3.63, 3.8) is 0 Å². The van der Waals surface area contributed by atoms with E-state index in [0.717, 1.165) is 49.6 Å². The lowest BCUT2D eigenvalue weighted by atomic mass is 9.35. The van der Waals surface area contributed by atoms with E-state index in [4.69, 9.17) is 42.6 Å². The Morgan fingerprint density at radius 3 is 2.17 bits per heavy atom. The molecule has 4 saturated carbocycles. The number of likely N-dealkylation sites (tertiary alicyclic amines) is 1. The summed E-state index contributed by atoms with van der Waals surface area (Å²) < 4.78 is 54.5. The summed E-state index contributed by atoms with van der Waals surface area (Å²) in [6, 6.07) is 15.5. The topological polar surface area (TPSA) is 86.3 Å². The first kappa shape index (κ1) is 36.7. The van der Waals surface area contributed by atoms with E-state index < -0.39 is 5.60 Å². The Balaban J connectivity index is 0.920. The lowest BCUT2D eigenvalue weighted by molar-refractivity contribution is -0.283. The number of methoxy groups -OCH3 is 2. The fourth-order valence-electron chi connectivity index (χ4n) is 10.9. The van der Waals surface area contributed by atoms with Crippen LogP contribution in [-0.2, 0) is 51.6 Å². The predicted molar refractivity (Wildman–Crippen MR) is 195 cm³/mol. The molecular formula is C42H59NO9. The van der Waals surface area contributed by atoms with E-state index in [-0.39, 0.29) is 22.9 Å². The molecule has 5 fully saturated rings. The van der Waals surface area contributed by atoms with Crippen LogP contribution < -0.4 is 9.47 Å². The minimum Gasteiger partial charge on any atom is -0.487 e. The number of fused-ring (bicyclic) bond motifs is 2. The highest BCUT2D eigenvalue weighted by Gasteiger charge is 2.80. The molecule has 286 valence electrons. The summed E-state index contributed by atoms with van der Waals surface area (Å²) in [4.78, 5) is 2.90. The van der Waals surface area contributed by atoms with Gasteiger partial charge in [-0.05, 0) is 74.6 Å². The smallest absolute Gasteiger partial charge is 0.165 e. The van der Waals surface area contributed by atoms with Crippen LogP contribution in [0.2, 0.25) is 0 Å². The Morgan fingerprint density at radius 2 is 1.48 bits per heavy atom. The van der Waals surface area contributed by atoms with Crippen LogP contribution in [0.3, 0.4) is 0 Å². The van der Waals surface area contributed by atoms with E-state index in [1.54, 1.807) is 7.11 Å². The van der Waals surface area contributed by atoms with Crippen molar-refractivity contribution in [2.75, 3.05) is 100.0 Å². The quantitative estimate of drug-likeness (QED) is 0.143. The van der Waals surface area contributed by atoms with Crippen molar-refractivity contribution < 1.29 is 42.6 Å². The van der Waals surface area contributed by atoms with Crippen LogP contribution in [0.1, 0.15) is 55.2 Å². The number of nitrogens with zero attached hydrogens (tertiary/aromatic N) is 1. The largest absolute Gasteiger partial charge is 0.487 e. The highest BCUT2D eigenvalue weighted by molar-refractivity contribution is 5.63. The molecule has 10 nitrogen and oxygen atoms in total. The number of benzene rings is 2. The average Bonchev–Trinajstić information content (AvgIpc) is 3.92. The third kappa shape index (κ3) is 6.70. The monoisotopic (exact) mass is 721 g/mol. The maximum atomic E-state index is 7.32. The normalized spacial score (nSPS) is 31.1. The van der Waals surface area contributed by atoms with Crippen LogP contribution in [-0.4, -0.2) is 123 Å². The number of piperidine rings is 1. The van der Waals surface area contributed by atoms with Crippen molar-refractivity contribution in [3.8, 4) is 11.5 Å². The standard InChI is InChI=1S/C42H59NO9/c1-44-16-17-46-18-19-47-20-21-48-22-23-49-24-25-51-35-11-10-33-26-36-40-12-13-42(45-2,34(27-40)30-50-29-32-6-4-3-5-7-32)39-41(40,37(33)38(35)52-39)14-15-43(36)28-31-8-9-31/h3-7,10-11,31,34,36,39H,8-9,12-30H2,1-2H3/t34-,36-,39-,40?,41?,42?/m1/s1. The van der Waals surface area contributed by atoms with Crippen molar-refractivity contribution in [2.24, 2.45) is 17.3 Å². The molecule has 0 amide bonds. The summed E-state index contributed by atoms with van der Waals surface area (Å²) in [5.74, 6) is 2.93. The molecule has 4 bridgehead atoms. The lowest BCUT2D eigenvalue weighted by Gasteiger charge is -2.74. The fraction of sp³-hybridized carbons (Fsp3) is 0.714. The average molecular weight is 722 g/mol. The van der Waals surface area contributed by atoms with Gasteiger partial charge in [0.1, 0.15) is 18.3 Å². The second-order valence-electron chi connectivity index (χ2n) is 15.8. The van der Waals surface area contributed by atoms with Crippen LogP contribution in [0, 0.1) is 17.3 Å². The van der Waals surface area contributed by atoms with Gasteiger partial charge in [-0.15, -0.1) is 0 Å². The molecule has 1 saturated heterocycles. The maximum absolute atomic E-state index is 7.32. The predicted octanol–water partition coefficient (Wildman–Crippen LogP) is 5.22. The first-order chi connectivity index (χ1) is 25.6. The third-order valence-corrected chi connectivity index (χ3v) is 13.3. The second-order valence-corrected chi connectivity index (χ2v) is 15.8. The van der Waals surface area contributed by atoms with Crippen LogP contribution >= 0.6 is 0 Å². The minimum atomic E-state index is -0.404. The minimum absolute atomic E-state index is 0.0530. The summed E-state index contributed by atoms with van der Waals surface area (Å²) in [6.45, 7) is 8.98. The zero-order valence-electron chi connectivity index (χ0n) is 31.3.